The van der Waals surface area contributed by atoms with Crippen molar-refractivity contribution in [2.45, 2.75) is 13.8 Å². The molecule has 1 heterocycles. The number of hydrogen-bond acceptors (Lipinski definition) is 5. The van der Waals surface area contributed by atoms with Crippen LogP contribution in [0.15, 0.2) is 65.8 Å². The smallest absolute Gasteiger partial charge is 0.204 e. The van der Waals surface area contributed by atoms with Crippen molar-refractivity contribution in [3.63, 3.8) is 0 Å². The number of thiazole rings is 1. The van der Waals surface area contributed by atoms with Gasteiger partial charge in [-0.3, -0.25) is 5.43 Å². The van der Waals surface area contributed by atoms with Crippen LogP contribution in [0, 0.1) is 13.8 Å². The van der Waals surface area contributed by atoms with Crippen molar-refractivity contribution in [2.24, 2.45) is 5.10 Å². The van der Waals surface area contributed by atoms with Crippen molar-refractivity contribution < 1.29 is 5.11 Å². The Bertz CT molecular complexity index is 1270. The molecule has 0 spiro atoms. The summed E-state index contributed by atoms with van der Waals surface area (Å²) in [5.41, 5.74) is 8.87. The molecule has 0 amide bonds. The monoisotopic (exact) mass is 467 g/mol. The number of phenols is 1. The molecule has 4 aromatic rings. The second-order valence-corrected chi connectivity index (χ2v) is 8.90. The fraction of sp³-hybridized carbons (Fsp3) is 0.0833. The summed E-state index contributed by atoms with van der Waals surface area (Å²) in [6.07, 6.45) is 1.46. The standard InChI is InChI=1S/C24H19Cl2N3OS/c1-14-8-9-17(10-15(14)2)21-23(16-6-4-3-5-7-16)31-24(28-21)29-27-13-18-11-19(25)12-20(26)22(18)30/h3-13,30H,1-2H3,(H,28,29)/b27-13-. The highest BCUT2D eigenvalue weighted by Crippen LogP contribution is 2.39. The van der Waals surface area contributed by atoms with Gasteiger partial charge in [-0.15, -0.1) is 0 Å². The van der Waals surface area contributed by atoms with Gasteiger partial charge in [-0.25, -0.2) is 4.98 Å². The third kappa shape index (κ3) is 4.74. The van der Waals surface area contributed by atoms with E-state index in [1.54, 1.807) is 6.07 Å². The highest BCUT2D eigenvalue weighted by Gasteiger charge is 2.15. The predicted octanol–water partition coefficient (Wildman–Crippen LogP) is 7.55. The number of nitrogens with zero attached hydrogens (tertiary/aromatic N) is 2. The number of phenolic OH excluding ortho intramolecular Hbond substituents is 1. The zero-order valence-corrected chi connectivity index (χ0v) is 19.2. The fourth-order valence-electron chi connectivity index (χ4n) is 3.08. The molecule has 2 N–H and O–H groups in total. The average Bonchev–Trinajstić information content (AvgIpc) is 3.18. The number of aromatic hydroxyl groups is 1. The number of halogens is 2. The molecule has 0 aliphatic heterocycles. The molecule has 0 aliphatic rings. The molecule has 4 rings (SSSR count). The first kappa shape index (κ1) is 21.4. The topological polar surface area (TPSA) is 57.5 Å². The Hall–Kier alpha value is -2.86. The molecular weight excluding hydrogens is 449 g/mol. The Kier molecular flexibility index (Phi) is 6.28. The zero-order chi connectivity index (χ0) is 22.0. The molecule has 0 aliphatic carbocycles. The Morgan fingerprint density at radius 1 is 0.968 bits per heavy atom. The summed E-state index contributed by atoms with van der Waals surface area (Å²) >= 11 is 13.5. The van der Waals surface area contributed by atoms with E-state index in [-0.39, 0.29) is 10.8 Å². The summed E-state index contributed by atoms with van der Waals surface area (Å²) in [5.74, 6) is -0.0726. The third-order valence-electron chi connectivity index (χ3n) is 4.86. The van der Waals surface area contributed by atoms with Crippen LogP contribution in [0.5, 0.6) is 5.75 Å². The van der Waals surface area contributed by atoms with Crippen molar-refractivity contribution in [1.29, 1.82) is 0 Å². The van der Waals surface area contributed by atoms with Gasteiger partial charge in [-0.05, 0) is 48.7 Å². The van der Waals surface area contributed by atoms with Crippen molar-refractivity contribution >= 4 is 45.9 Å². The minimum absolute atomic E-state index is 0.0726. The Labute approximate surface area is 194 Å². The van der Waals surface area contributed by atoms with Gasteiger partial charge in [0.2, 0.25) is 5.13 Å². The van der Waals surface area contributed by atoms with Crippen molar-refractivity contribution in [1.82, 2.24) is 4.98 Å². The van der Waals surface area contributed by atoms with Crippen molar-refractivity contribution in [2.75, 3.05) is 5.43 Å². The zero-order valence-electron chi connectivity index (χ0n) is 16.9. The number of hydrogen-bond donors (Lipinski definition) is 2. The van der Waals surface area contributed by atoms with Crippen LogP contribution in [-0.4, -0.2) is 16.3 Å². The van der Waals surface area contributed by atoms with Crippen LogP contribution < -0.4 is 5.43 Å². The van der Waals surface area contributed by atoms with Gasteiger partial charge in [-0.2, -0.15) is 5.10 Å². The number of hydrazone groups is 1. The summed E-state index contributed by atoms with van der Waals surface area (Å²) in [6.45, 7) is 4.19. The van der Waals surface area contributed by atoms with Gasteiger partial charge in [0, 0.05) is 16.1 Å². The molecule has 7 heteroatoms. The van der Waals surface area contributed by atoms with Gasteiger partial charge in [0.25, 0.3) is 0 Å². The number of benzene rings is 3. The van der Waals surface area contributed by atoms with Crippen LogP contribution in [0.3, 0.4) is 0 Å². The molecule has 0 bridgehead atoms. The van der Waals surface area contributed by atoms with Crippen LogP contribution in [0.1, 0.15) is 16.7 Å². The van der Waals surface area contributed by atoms with E-state index in [9.17, 15) is 5.11 Å². The number of aryl methyl sites for hydroxylation is 2. The molecule has 0 unspecified atom stereocenters. The number of nitrogens with one attached hydrogen (secondary N) is 1. The molecule has 0 fully saturated rings. The SMILES string of the molecule is Cc1ccc(-c2nc(N/N=C\c3cc(Cl)cc(Cl)c3O)sc2-c2ccccc2)cc1C. The molecular formula is C24H19Cl2N3OS. The fourth-order valence-corrected chi connectivity index (χ4v) is 4.53. The average molecular weight is 468 g/mol. The van der Waals surface area contributed by atoms with Crippen molar-refractivity contribution in [3.8, 4) is 27.4 Å². The van der Waals surface area contributed by atoms with E-state index >= 15 is 0 Å². The van der Waals surface area contributed by atoms with E-state index in [0.29, 0.717) is 15.7 Å². The van der Waals surface area contributed by atoms with Crippen molar-refractivity contribution in [3.05, 3.63) is 87.4 Å². The maximum absolute atomic E-state index is 10.1. The number of aromatic nitrogens is 1. The van der Waals surface area contributed by atoms with Crippen LogP contribution >= 0.6 is 34.5 Å². The summed E-state index contributed by atoms with van der Waals surface area (Å²) in [4.78, 5) is 5.85. The highest BCUT2D eigenvalue weighted by atomic mass is 35.5. The molecule has 31 heavy (non-hydrogen) atoms. The Balaban J connectivity index is 1.69. The number of rotatable bonds is 5. The van der Waals surface area contributed by atoms with E-state index in [1.165, 1.54) is 34.7 Å². The lowest BCUT2D eigenvalue weighted by Gasteiger charge is -2.05. The molecule has 0 radical (unpaired) electrons. The predicted molar refractivity (Wildman–Crippen MR) is 132 cm³/mol. The summed E-state index contributed by atoms with van der Waals surface area (Å²) in [5, 5.41) is 15.5. The Morgan fingerprint density at radius 3 is 2.48 bits per heavy atom. The largest absolute Gasteiger partial charge is 0.506 e. The molecule has 156 valence electrons. The van der Waals surface area contributed by atoms with Gasteiger partial charge in [0.15, 0.2) is 0 Å². The summed E-state index contributed by atoms with van der Waals surface area (Å²) in [7, 11) is 0. The lowest BCUT2D eigenvalue weighted by atomic mass is 10.0. The minimum atomic E-state index is -0.0726. The first-order chi connectivity index (χ1) is 14.9. The third-order valence-corrected chi connectivity index (χ3v) is 6.38. The van der Waals surface area contributed by atoms with Crippen LogP contribution in [-0.2, 0) is 0 Å². The maximum atomic E-state index is 10.1. The van der Waals surface area contributed by atoms with E-state index in [1.807, 2.05) is 18.2 Å². The summed E-state index contributed by atoms with van der Waals surface area (Å²) in [6, 6.07) is 19.6. The molecule has 0 saturated heterocycles. The molecule has 1 aromatic heterocycles. The lowest BCUT2D eigenvalue weighted by Crippen LogP contribution is -1.91. The van der Waals surface area contributed by atoms with Gasteiger partial charge in [-0.1, -0.05) is 77.0 Å². The van der Waals surface area contributed by atoms with E-state index in [2.05, 4.69) is 54.7 Å². The second-order valence-electron chi connectivity index (χ2n) is 7.06. The van der Waals surface area contributed by atoms with E-state index in [0.717, 1.165) is 21.7 Å². The summed E-state index contributed by atoms with van der Waals surface area (Å²) < 4.78 is 0. The first-order valence-electron chi connectivity index (χ1n) is 9.53. The molecule has 3 aromatic carbocycles. The Morgan fingerprint density at radius 2 is 1.74 bits per heavy atom. The second kappa shape index (κ2) is 9.10. The molecule has 4 nitrogen and oxygen atoms in total. The van der Waals surface area contributed by atoms with Crippen LogP contribution in [0.4, 0.5) is 5.13 Å². The van der Waals surface area contributed by atoms with Gasteiger partial charge >= 0.3 is 0 Å². The lowest BCUT2D eigenvalue weighted by molar-refractivity contribution is 0.475. The van der Waals surface area contributed by atoms with Crippen LogP contribution in [0.25, 0.3) is 21.7 Å². The molecule has 0 saturated carbocycles. The van der Waals surface area contributed by atoms with Crippen LogP contribution in [0.2, 0.25) is 10.0 Å². The van der Waals surface area contributed by atoms with Gasteiger partial charge in [0.05, 0.1) is 21.8 Å². The van der Waals surface area contributed by atoms with E-state index < -0.39 is 0 Å². The quantitative estimate of drug-likeness (QED) is 0.235. The normalized spacial score (nSPS) is 11.2. The first-order valence-corrected chi connectivity index (χ1v) is 11.1. The maximum Gasteiger partial charge on any atom is 0.204 e. The minimum Gasteiger partial charge on any atom is -0.506 e. The number of anilines is 1. The van der Waals surface area contributed by atoms with Gasteiger partial charge in [0.1, 0.15) is 5.75 Å². The highest BCUT2D eigenvalue weighted by molar-refractivity contribution is 7.19. The molecule has 0 atom stereocenters. The van der Waals surface area contributed by atoms with E-state index in [4.69, 9.17) is 28.2 Å². The van der Waals surface area contributed by atoms with Gasteiger partial charge < -0.3 is 5.11 Å².